The van der Waals surface area contributed by atoms with E-state index in [-0.39, 0.29) is 5.88 Å². The maximum atomic E-state index is 12.4. The van der Waals surface area contributed by atoms with Crippen LogP contribution in [0.5, 0.6) is 17.4 Å². The Balaban J connectivity index is 2.16. The van der Waals surface area contributed by atoms with Crippen LogP contribution >= 0.6 is 15.9 Å². The highest BCUT2D eigenvalue weighted by Gasteiger charge is 2.30. The van der Waals surface area contributed by atoms with Crippen LogP contribution in [0.15, 0.2) is 41.0 Å². The van der Waals surface area contributed by atoms with E-state index in [0.29, 0.717) is 16.0 Å². The first-order valence-corrected chi connectivity index (χ1v) is 6.24. The molecule has 0 aliphatic carbocycles. The minimum Gasteiger partial charge on any atom is -0.496 e. The molecule has 0 bridgehead atoms. The third-order valence-electron chi connectivity index (χ3n) is 2.41. The van der Waals surface area contributed by atoms with E-state index in [1.54, 1.807) is 18.2 Å². The Labute approximate surface area is 121 Å². The molecule has 1 heterocycles. The average Bonchev–Trinajstić information content (AvgIpc) is 2.38. The van der Waals surface area contributed by atoms with Crippen molar-refractivity contribution in [3.05, 3.63) is 46.6 Å². The molecule has 2 rings (SSSR count). The standard InChI is InChI=1S/C13H9BrF3NO2/c1-19-11-4-3-9(6-10(11)14)20-12-5-2-8(7-18-12)13(15,16)17/h2-7H,1H3. The second-order valence-corrected chi connectivity index (χ2v) is 4.64. The number of alkyl halides is 3. The molecule has 1 aromatic carbocycles. The third-order valence-corrected chi connectivity index (χ3v) is 3.03. The van der Waals surface area contributed by atoms with E-state index in [9.17, 15) is 13.2 Å². The number of rotatable bonds is 3. The Hall–Kier alpha value is -1.76. The SMILES string of the molecule is COc1ccc(Oc2ccc(C(F)(F)F)cn2)cc1Br. The van der Waals surface area contributed by atoms with Gasteiger partial charge in [0.2, 0.25) is 5.88 Å². The second kappa shape index (κ2) is 5.70. The van der Waals surface area contributed by atoms with E-state index in [1.165, 1.54) is 13.2 Å². The number of hydrogen-bond acceptors (Lipinski definition) is 3. The van der Waals surface area contributed by atoms with E-state index < -0.39 is 11.7 Å². The summed E-state index contributed by atoms with van der Waals surface area (Å²) in [6, 6.07) is 7.02. The molecule has 106 valence electrons. The van der Waals surface area contributed by atoms with Crippen LogP contribution in [0.25, 0.3) is 0 Å². The first kappa shape index (κ1) is 14.6. The van der Waals surface area contributed by atoms with Gasteiger partial charge in [-0.1, -0.05) is 0 Å². The van der Waals surface area contributed by atoms with Gasteiger partial charge in [-0.05, 0) is 40.2 Å². The normalized spacial score (nSPS) is 11.2. The number of pyridine rings is 1. The van der Waals surface area contributed by atoms with Crippen LogP contribution in [0.3, 0.4) is 0 Å². The Morgan fingerprint density at radius 3 is 2.40 bits per heavy atom. The molecule has 0 radical (unpaired) electrons. The van der Waals surface area contributed by atoms with Gasteiger partial charge in [-0.25, -0.2) is 4.98 Å². The maximum Gasteiger partial charge on any atom is 0.417 e. The van der Waals surface area contributed by atoms with Crippen LogP contribution in [-0.4, -0.2) is 12.1 Å². The summed E-state index contributed by atoms with van der Waals surface area (Å²) in [7, 11) is 1.53. The van der Waals surface area contributed by atoms with Crippen LogP contribution in [0.1, 0.15) is 5.56 Å². The van der Waals surface area contributed by atoms with Crippen molar-refractivity contribution in [2.45, 2.75) is 6.18 Å². The molecule has 0 aliphatic heterocycles. The van der Waals surface area contributed by atoms with Gasteiger partial charge in [0.25, 0.3) is 0 Å². The Kier molecular flexibility index (Phi) is 4.17. The van der Waals surface area contributed by atoms with Crippen molar-refractivity contribution in [2.75, 3.05) is 7.11 Å². The van der Waals surface area contributed by atoms with Crippen molar-refractivity contribution < 1.29 is 22.6 Å². The monoisotopic (exact) mass is 347 g/mol. The van der Waals surface area contributed by atoms with Gasteiger partial charge in [0.15, 0.2) is 0 Å². The predicted molar refractivity (Wildman–Crippen MR) is 70.0 cm³/mol. The molecule has 0 saturated carbocycles. The Morgan fingerprint density at radius 1 is 1.15 bits per heavy atom. The lowest BCUT2D eigenvalue weighted by Gasteiger charge is -2.09. The Morgan fingerprint density at radius 2 is 1.90 bits per heavy atom. The number of halogens is 4. The first-order valence-electron chi connectivity index (χ1n) is 5.45. The van der Waals surface area contributed by atoms with E-state index in [0.717, 1.165) is 12.3 Å². The number of nitrogens with zero attached hydrogens (tertiary/aromatic N) is 1. The molecule has 3 nitrogen and oxygen atoms in total. The minimum atomic E-state index is -4.41. The molecule has 0 atom stereocenters. The zero-order valence-corrected chi connectivity index (χ0v) is 11.8. The summed E-state index contributed by atoms with van der Waals surface area (Å²) in [5.41, 5.74) is -0.819. The zero-order chi connectivity index (χ0) is 14.8. The van der Waals surface area contributed by atoms with Gasteiger partial charge in [0.1, 0.15) is 11.5 Å². The lowest BCUT2D eigenvalue weighted by Crippen LogP contribution is -2.05. The smallest absolute Gasteiger partial charge is 0.417 e. The molecular formula is C13H9BrF3NO2. The van der Waals surface area contributed by atoms with Crippen molar-refractivity contribution in [1.82, 2.24) is 4.98 Å². The van der Waals surface area contributed by atoms with Crippen molar-refractivity contribution in [1.29, 1.82) is 0 Å². The minimum absolute atomic E-state index is 0.0788. The van der Waals surface area contributed by atoms with E-state index in [1.807, 2.05) is 0 Å². The van der Waals surface area contributed by atoms with Gasteiger partial charge in [-0.3, -0.25) is 0 Å². The van der Waals surface area contributed by atoms with Crippen LogP contribution in [-0.2, 0) is 6.18 Å². The number of ether oxygens (including phenoxy) is 2. The van der Waals surface area contributed by atoms with Gasteiger partial charge in [-0.2, -0.15) is 13.2 Å². The zero-order valence-electron chi connectivity index (χ0n) is 10.2. The molecule has 0 spiro atoms. The molecule has 0 saturated heterocycles. The predicted octanol–water partition coefficient (Wildman–Crippen LogP) is 4.66. The number of benzene rings is 1. The fourth-order valence-electron chi connectivity index (χ4n) is 1.44. The summed E-state index contributed by atoms with van der Waals surface area (Å²) in [5, 5.41) is 0. The van der Waals surface area contributed by atoms with Crippen molar-refractivity contribution in [3.8, 4) is 17.4 Å². The molecule has 0 N–H and O–H groups in total. The highest BCUT2D eigenvalue weighted by Crippen LogP contribution is 2.32. The summed E-state index contributed by atoms with van der Waals surface area (Å²) in [5.74, 6) is 1.14. The van der Waals surface area contributed by atoms with Gasteiger partial charge in [0.05, 0.1) is 17.1 Å². The molecule has 2 aromatic rings. The molecule has 20 heavy (non-hydrogen) atoms. The molecule has 1 aromatic heterocycles. The maximum absolute atomic E-state index is 12.4. The van der Waals surface area contributed by atoms with E-state index in [2.05, 4.69) is 20.9 Å². The highest BCUT2D eigenvalue weighted by molar-refractivity contribution is 9.10. The van der Waals surface area contributed by atoms with Crippen LogP contribution in [0, 0.1) is 0 Å². The number of hydrogen-bond donors (Lipinski definition) is 0. The van der Waals surface area contributed by atoms with Crippen molar-refractivity contribution >= 4 is 15.9 Å². The lowest BCUT2D eigenvalue weighted by atomic mass is 10.3. The molecule has 0 aliphatic rings. The highest BCUT2D eigenvalue weighted by atomic mass is 79.9. The largest absolute Gasteiger partial charge is 0.496 e. The molecule has 0 unspecified atom stereocenters. The van der Waals surface area contributed by atoms with Crippen molar-refractivity contribution in [2.24, 2.45) is 0 Å². The summed E-state index contributed by atoms with van der Waals surface area (Å²) < 4.78 is 48.2. The van der Waals surface area contributed by atoms with Gasteiger partial charge in [-0.15, -0.1) is 0 Å². The topological polar surface area (TPSA) is 31.4 Å². The van der Waals surface area contributed by atoms with E-state index >= 15 is 0 Å². The molecule has 0 fully saturated rings. The van der Waals surface area contributed by atoms with Crippen LogP contribution < -0.4 is 9.47 Å². The fraction of sp³-hybridized carbons (Fsp3) is 0.154. The van der Waals surface area contributed by atoms with Crippen LogP contribution in [0.2, 0.25) is 0 Å². The summed E-state index contributed by atoms with van der Waals surface area (Å²) in [6.07, 6.45) is -3.68. The Bertz CT molecular complexity index is 600. The number of aromatic nitrogens is 1. The quantitative estimate of drug-likeness (QED) is 0.808. The lowest BCUT2D eigenvalue weighted by molar-refractivity contribution is -0.137. The molecule has 7 heteroatoms. The third kappa shape index (κ3) is 3.41. The average molecular weight is 348 g/mol. The molecule has 0 amide bonds. The fourth-order valence-corrected chi connectivity index (χ4v) is 1.96. The van der Waals surface area contributed by atoms with Gasteiger partial charge >= 0.3 is 6.18 Å². The summed E-state index contributed by atoms with van der Waals surface area (Å²) >= 11 is 3.28. The summed E-state index contributed by atoms with van der Waals surface area (Å²) in [4.78, 5) is 3.62. The summed E-state index contributed by atoms with van der Waals surface area (Å²) in [6.45, 7) is 0. The van der Waals surface area contributed by atoms with Gasteiger partial charge in [0, 0.05) is 12.3 Å². The number of methoxy groups -OCH3 is 1. The second-order valence-electron chi connectivity index (χ2n) is 3.78. The van der Waals surface area contributed by atoms with Gasteiger partial charge < -0.3 is 9.47 Å². The van der Waals surface area contributed by atoms with Crippen LogP contribution in [0.4, 0.5) is 13.2 Å². The van der Waals surface area contributed by atoms with E-state index in [4.69, 9.17) is 9.47 Å². The molecular weight excluding hydrogens is 339 g/mol. The first-order chi connectivity index (χ1) is 9.40. The van der Waals surface area contributed by atoms with Crippen molar-refractivity contribution in [3.63, 3.8) is 0 Å².